The summed E-state index contributed by atoms with van der Waals surface area (Å²) in [5.74, 6) is 1.17. The number of piperidine rings is 2. The quantitative estimate of drug-likeness (QED) is 0.877. The van der Waals surface area contributed by atoms with Crippen LogP contribution in [0.15, 0.2) is 24.5 Å². The van der Waals surface area contributed by atoms with E-state index in [0.717, 1.165) is 31.6 Å². The van der Waals surface area contributed by atoms with Crippen LogP contribution in [0.3, 0.4) is 0 Å². The van der Waals surface area contributed by atoms with Crippen molar-refractivity contribution in [1.82, 2.24) is 24.8 Å². The Hall–Kier alpha value is -2.64. The molecule has 0 saturated carbocycles. The molecule has 26 heavy (non-hydrogen) atoms. The second-order valence-electron chi connectivity index (χ2n) is 7.02. The first-order valence-electron chi connectivity index (χ1n) is 9.18. The summed E-state index contributed by atoms with van der Waals surface area (Å²) in [5, 5.41) is 7.15. The van der Waals surface area contributed by atoms with Crippen LogP contribution in [0.1, 0.15) is 25.7 Å². The Kier molecular flexibility index (Phi) is 4.73. The summed E-state index contributed by atoms with van der Waals surface area (Å²) in [5.41, 5.74) is 0.795. The van der Waals surface area contributed by atoms with E-state index in [9.17, 15) is 9.59 Å². The Balaban J connectivity index is 1.24. The Morgan fingerprint density at radius 3 is 2.88 bits per heavy atom. The van der Waals surface area contributed by atoms with E-state index < -0.39 is 0 Å². The lowest BCUT2D eigenvalue weighted by Crippen LogP contribution is -2.47. The van der Waals surface area contributed by atoms with Crippen molar-refractivity contribution in [2.75, 3.05) is 26.2 Å². The third kappa shape index (κ3) is 3.63. The first kappa shape index (κ1) is 16.8. The number of hydrogen-bond acceptors (Lipinski definition) is 5. The van der Waals surface area contributed by atoms with Gasteiger partial charge in [-0.15, -0.1) is 5.10 Å². The van der Waals surface area contributed by atoms with Crippen LogP contribution in [-0.4, -0.2) is 57.6 Å². The summed E-state index contributed by atoms with van der Waals surface area (Å²) < 4.78 is 7.53. The molecule has 0 aliphatic carbocycles. The molecule has 0 spiro atoms. The van der Waals surface area contributed by atoms with Gasteiger partial charge in [-0.3, -0.25) is 9.59 Å². The molecular weight excluding hydrogens is 334 g/mol. The van der Waals surface area contributed by atoms with Gasteiger partial charge in [-0.1, -0.05) is 0 Å². The van der Waals surface area contributed by atoms with Crippen molar-refractivity contribution in [3.05, 3.63) is 24.5 Å². The highest BCUT2D eigenvalue weighted by atomic mass is 16.5. The summed E-state index contributed by atoms with van der Waals surface area (Å²) in [6, 6.07) is 3.71. The van der Waals surface area contributed by atoms with Crippen LogP contribution in [0.25, 0.3) is 5.65 Å². The fourth-order valence-corrected chi connectivity index (χ4v) is 3.60. The zero-order valence-corrected chi connectivity index (χ0v) is 14.6. The zero-order chi connectivity index (χ0) is 17.9. The molecule has 2 aromatic rings. The summed E-state index contributed by atoms with van der Waals surface area (Å²) in [7, 11) is 0. The number of aromatic nitrogens is 3. The van der Waals surface area contributed by atoms with Crippen molar-refractivity contribution < 1.29 is 14.3 Å². The van der Waals surface area contributed by atoms with E-state index in [1.165, 1.54) is 0 Å². The lowest BCUT2D eigenvalue weighted by atomic mass is 9.93. The van der Waals surface area contributed by atoms with Crippen LogP contribution in [0.4, 0.5) is 0 Å². The number of hydrogen-bond donors (Lipinski definition) is 1. The third-order valence-corrected chi connectivity index (χ3v) is 5.24. The fraction of sp³-hybridized carbons (Fsp3) is 0.556. The average Bonchev–Trinajstić information content (AvgIpc) is 3.15. The Bertz CT molecular complexity index is 787. The van der Waals surface area contributed by atoms with E-state index in [2.05, 4.69) is 15.4 Å². The highest BCUT2D eigenvalue weighted by molar-refractivity contribution is 5.83. The van der Waals surface area contributed by atoms with Crippen molar-refractivity contribution in [1.29, 1.82) is 0 Å². The molecule has 2 aliphatic rings. The molecule has 2 fully saturated rings. The van der Waals surface area contributed by atoms with Gasteiger partial charge in [0.1, 0.15) is 0 Å². The van der Waals surface area contributed by atoms with Gasteiger partial charge in [-0.2, -0.15) is 0 Å². The van der Waals surface area contributed by atoms with E-state index >= 15 is 0 Å². The first-order chi connectivity index (χ1) is 12.7. The van der Waals surface area contributed by atoms with Crippen molar-refractivity contribution >= 4 is 17.5 Å². The van der Waals surface area contributed by atoms with E-state index in [4.69, 9.17) is 4.74 Å². The Labute approximate surface area is 151 Å². The third-order valence-electron chi connectivity index (χ3n) is 5.24. The van der Waals surface area contributed by atoms with Crippen molar-refractivity contribution in [2.24, 2.45) is 11.8 Å². The minimum Gasteiger partial charge on any atom is -0.476 e. The van der Waals surface area contributed by atoms with Gasteiger partial charge in [0.25, 0.3) is 0 Å². The number of carbonyl (C=O) groups is 2. The lowest BCUT2D eigenvalue weighted by Gasteiger charge is -2.35. The molecule has 8 nitrogen and oxygen atoms in total. The molecule has 0 aromatic carbocycles. The van der Waals surface area contributed by atoms with Crippen LogP contribution < -0.4 is 10.1 Å². The molecular formula is C18H23N5O3. The maximum absolute atomic E-state index is 12.6. The number of amides is 2. The second kappa shape index (κ2) is 7.31. The Morgan fingerprint density at radius 1 is 1.27 bits per heavy atom. The number of ether oxygens (including phenoxy) is 1. The summed E-state index contributed by atoms with van der Waals surface area (Å²) in [4.78, 5) is 29.9. The molecule has 0 bridgehead atoms. The van der Waals surface area contributed by atoms with E-state index in [1.807, 2.05) is 17.0 Å². The van der Waals surface area contributed by atoms with Gasteiger partial charge in [0.05, 0.1) is 12.5 Å². The van der Waals surface area contributed by atoms with Crippen molar-refractivity contribution in [2.45, 2.75) is 25.7 Å². The molecule has 138 valence electrons. The summed E-state index contributed by atoms with van der Waals surface area (Å²) in [6.45, 7) is 2.59. The number of carbonyl (C=O) groups excluding carboxylic acids is 2. The largest absolute Gasteiger partial charge is 0.476 e. The number of likely N-dealkylation sites (tertiary alicyclic amines) is 1. The van der Waals surface area contributed by atoms with Gasteiger partial charge in [0.15, 0.2) is 5.65 Å². The first-order valence-corrected chi connectivity index (χ1v) is 9.18. The Morgan fingerprint density at radius 2 is 2.12 bits per heavy atom. The van der Waals surface area contributed by atoms with Crippen LogP contribution in [0.5, 0.6) is 5.88 Å². The number of nitrogens with zero attached hydrogens (tertiary/aromatic N) is 4. The number of nitrogens with one attached hydrogen (secondary N) is 1. The SMILES string of the molecule is O=C1CCC(C(=O)N2CCC(COc3ccc4nccn4n3)CC2)CN1. The molecule has 4 rings (SSSR count). The minimum atomic E-state index is -0.0633. The summed E-state index contributed by atoms with van der Waals surface area (Å²) >= 11 is 0. The smallest absolute Gasteiger partial charge is 0.231 e. The van der Waals surface area contributed by atoms with Crippen LogP contribution in [-0.2, 0) is 9.59 Å². The van der Waals surface area contributed by atoms with Gasteiger partial charge >= 0.3 is 0 Å². The molecule has 1 N–H and O–H groups in total. The van der Waals surface area contributed by atoms with E-state index in [-0.39, 0.29) is 17.7 Å². The molecule has 2 aromatic heterocycles. The normalized spacial score (nSPS) is 21.6. The molecule has 4 heterocycles. The molecule has 1 unspecified atom stereocenters. The van der Waals surface area contributed by atoms with Crippen LogP contribution >= 0.6 is 0 Å². The molecule has 8 heteroatoms. The van der Waals surface area contributed by atoms with Gasteiger partial charge in [-0.05, 0) is 31.2 Å². The van der Waals surface area contributed by atoms with Gasteiger partial charge < -0.3 is 15.0 Å². The molecule has 1 atom stereocenters. The lowest BCUT2D eigenvalue weighted by molar-refractivity contribution is -0.138. The van der Waals surface area contributed by atoms with Gasteiger partial charge in [0.2, 0.25) is 17.7 Å². The van der Waals surface area contributed by atoms with E-state index in [1.54, 1.807) is 16.9 Å². The second-order valence-corrected chi connectivity index (χ2v) is 7.02. The standard InChI is InChI=1S/C18H23N5O3/c24-16-3-1-14(11-20-16)18(25)22-8-5-13(6-9-22)12-26-17-4-2-15-19-7-10-23(15)21-17/h2,4,7,10,13-14H,1,3,5-6,8-9,11-12H2,(H,20,24). The van der Waals surface area contributed by atoms with Gasteiger partial charge in [0, 0.05) is 44.5 Å². The minimum absolute atomic E-state index is 0.0485. The van der Waals surface area contributed by atoms with E-state index in [0.29, 0.717) is 37.8 Å². The maximum Gasteiger partial charge on any atom is 0.231 e. The zero-order valence-electron chi connectivity index (χ0n) is 14.6. The molecule has 0 radical (unpaired) electrons. The monoisotopic (exact) mass is 357 g/mol. The van der Waals surface area contributed by atoms with Crippen LogP contribution in [0.2, 0.25) is 0 Å². The predicted octanol–water partition coefficient (Wildman–Crippen LogP) is 0.873. The van der Waals surface area contributed by atoms with Crippen molar-refractivity contribution in [3.63, 3.8) is 0 Å². The number of fused-ring (bicyclic) bond motifs is 1. The highest BCUT2D eigenvalue weighted by Gasteiger charge is 2.30. The average molecular weight is 357 g/mol. The number of imidazole rings is 1. The molecule has 2 saturated heterocycles. The highest BCUT2D eigenvalue weighted by Crippen LogP contribution is 2.22. The number of rotatable bonds is 4. The predicted molar refractivity (Wildman–Crippen MR) is 93.5 cm³/mol. The summed E-state index contributed by atoms with van der Waals surface area (Å²) in [6.07, 6.45) is 6.47. The topological polar surface area (TPSA) is 88.8 Å². The van der Waals surface area contributed by atoms with Crippen LogP contribution in [0, 0.1) is 11.8 Å². The molecule has 2 amide bonds. The van der Waals surface area contributed by atoms with Crippen molar-refractivity contribution in [3.8, 4) is 5.88 Å². The molecule has 2 aliphatic heterocycles. The maximum atomic E-state index is 12.6. The van der Waals surface area contributed by atoms with Gasteiger partial charge in [-0.25, -0.2) is 9.50 Å². The fourth-order valence-electron chi connectivity index (χ4n) is 3.60.